The number of hydrogen-bond acceptors (Lipinski definition) is 5. The molecule has 0 N–H and O–H groups in total. The molecule has 1 aromatic carbocycles. The Morgan fingerprint density at radius 1 is 1.35 bits per heavy atom. The fraction of sp³-hybridized carbons (Fsp3) is 0.400. The van der Waals surface area contributed by atoms with Gasteiger partial charge in [-0.25, -0.2) is 0 Å². The minimum atomic E-state index is -0.412. The molecule has 0 amide bonds. The zero-order chi connectivity index (χ0) is 14.8. The minimum absolute atomic E-state index is 0.0679. The summed E-state index contributed by atoms with van der Waals surface area (Å²) in [5.74, 6) is 1.58. The first kappa shape index (κ1) is 14.2. The van der Waals surface area contributed by atoms with Crippen LogP contribution in [0.5, 0.6) is 5.75 Å². The van der Waals surface area contributed by atoms with E-state index < -0.39 is 5.41 Å². The Morgan fingerprint density at radius 2 is 2.10 bits per heavy atom. The van der Waals surface area contributed by atoms with Gasteiger partial charge in [0.2, 0.25) is 11.7 Å². The molecule has 5 nitrogen and oxygen atoms in total. The van der Waals surface area contributed by atoms with Crippen molar-refractivity contribution in [2.45, 2.75) is 27.2 Å². The van der Waals surface area contributed by atoms with Crippen molar-refractivity contribution >= 4 is 5.78 Å². The first-order chi connectivity index (χ1) is 9.40. The standard InChI is InChI=1S/C15H18N2O3/c1-15(2,3)12(18)9-13-16-14(17-20-13)10-6-5-7-11(8-10)19-4/h5-8H,9H2,1-4H3. The van der Waals surface area contributed by atoms with Gasteiger partial charge in [-0.15, -0.1) is 0 Å². The molecular weight excluding hydrogens is 256 g/mol. The highest BCUT2D eigenvalue weighted by Gasteiger charge is 2.23. The molecule has 0 spiro atoms. The summed E-state index contributed by atoms with van der Waals surface area (Å²) in [5.41, 5.74) is 0.382. The molecule has 0 unspecified atom stereocenters. The van der Waals surface area contributed by atoms with E-state index in [1.165, 1.54) is 0 Å². The molecule has 5 heteroatoms. The monoisotopic (exact) mass is 274 g/mol. The van der Waals surface area contributed by atoms with E-state index in [1.807, 2.05) is 45.0 Å². The minimum Gasteiger partial charge on any atom is -0.497 e. The van der Waals surface area contributed by atoms with E-state index in [2.05, 4.69) is 10.1 Å². The van der Waals surface area contributed by atoms with Crippen LogP contribution in [-0.4, -0.2) is 23.0 Å². The molecule has 1 heterocycles. The number of hydrogen-bond donors (Lipinski definition) is 0. The Morgan fingerprint density at radius 3 is 2.75 bits per heavy atom. The summed E-state index contributed by atoms with van der Waals surface area (Å²) in [7, 11) is 1.60. The summed E-state index contributed by atoms with van der Waals surface area (Å²) in [5, 5.41) is 3.90. The molecule has 0 fully saturated rings. The first-order valence-corrected chi connectivity index (χ1v) is 6.40. The third-order valence-electron chi connectivity index (χ3n) is 2.94. The Hall–Kier alpha value is -2.17. The van der Waals surface area contributed by atoms with Crippen LogP contribution < -0.4 is 4.74 Å². The molecule has 2 aromatic rings. The average molecular weight is 274 g/mol. The SMILES string of the molecule is COc1cccc(-c2noc(CC(=O)C(C)(C)C)n2)c1. The van der Waals surface area contributed by atoms with E-state index in [4.69, 9.17) is 9.26 Å². The summed E-state index contributed by atoms with van der Waals surface area (Å²) < 4.78 is 10.3. The van der Waals surface area contributed by atoms with Gasteiger partial charge >= 0.3 is 0 Å². The lowest BCUT2D eigenvalue weighted by molar-refractivity contribution is -0.125. The van der Waals surface area contributed by atoms with Crippen molar-refractivity contribution in [2.24, 2.45) is 5.41 Å². The number of ether oxygens (including phenoxy) is 1. The average Bonchev–Trinajstić information content (AvgIpc) is 2.86. The van der Waals surface area contributed by atoms with Crippen LogP contribution in [0.2, 0.25) is 0 Å². The second-order valence-electron chi connectivity index (χ2n) is 5.59. The van der Waals surface area contributed by atoms with Gasteiger partial charge in [0.05, 0.1) is 13.5 Å². The third kappa shape index (κ3) is 3.23. The van der Waals surface area contributed by atoms with Crippen LogP contribution in [0.25, 0.3) is 11.4 Å². The summed E-state index contributed by atoms with van der Waals surface area (Å²) >= 11 is 0. The van der Waals surface area contributed by atoms with E-state index in [9.17, 15) is 4.79 Å². The van der Waals surface area contributed by atoms with Crippen LogP contribution in [0, 0.1) is 5.41 Å². The van der Waals surface area contributed by atoms with Crippen LogP contribution >= 0.6 is 0 Å². The van der Waals surface area contributed by atoms with Crippen molar-refractivity contribution in [3.8, 4) is 17.1 Å². The summed E-state index contributed by atoms with van der Waals surface area (Å²) in [4.78, 5) is 16.2. The van der Waals surface area contributed by atoms with E-state index >= 15 is 0 Å². The van der Waals surface area contributed by atoms with Crippen LogP contribution in [0.1, 0.15) is 26.7 Å². The highest BCUT2D eigenvalue weighted by atomic mass is 16.5. The third-order valence-corrected chi connectivity index (χ3v) is 2.94. The number of carbonyl (C=O) groups is 1. The number of Topliss-reactive ketones (excluding diaryl/α,β-unsaturated/α-hetero) is 1. The number of methoxy groups -OCH3 is 1. The van der Waals surface area contributed by atoms with Crippen LogP contribution in [0.15, 0.2) is 28.8 Å². The maximum atomic E-state index is 11.9. The highest BCUT2D eigenvalue weighted by molar-refractivity contribution is 5.85. The van der Waals surface area contributed by atoms with Crippen LogP contribution in [0.3, 0.4) is 0 Å². The predicted octanol–water partition coefficient (Wildman–Crippen LogP) is 2.90. The lowest BCUT2D eigenvalue weighted by atomic mass is 9.89. The van der Waals surface area contributed by atoms with Gasteiger partial charge < -0.3 is 9.26 Å². The Bertz CT molecular complexity index is 612. The first-order valence-electron chi connectivity index (χ1n) is 6.40. The quantitative estimate of drug-likeness (QED) is 0.857. The normalized spacial score (nSPS) is 11.4. The van der Waals surface area contributed by atoms with Crippen LogP contribution in [0.4, 0.5) is 0 Å². The molecule has 0 atom stereocenters. The fourth-order valence-electron chi connectivity index (χ4n) is 1.61. The Balaban J connectivity index is 2.18. The smallest absolute Gasteiger partial charge is 0.234 e. The fourth-order valence-corrected chi connectivity index (χ4v) is 1.61. The van der Waals surface area contributed by atoms with Gasteiger partial charge in [0.15, 0.2) is 0 Å². The van der Waals surface area contributed by atoms with Crippen molar-refractivity contribution < 1.29 is 14.1 Å². The summed E-state index contributed by atoms with van der Waals surface area (Å²) in [6, 6.07) is 7.38. The van der Waals surface area contributed by atoms with Gasteiger partial charge in [-0.3, -0.25) is 4.79 Å². The topological polar surface area (TPSA) is 65.2 Å². The van der Waals surface area contributed by atoms with E-state index in [1.54, 1.807) is 7.11 Å². The highest BCUT2D eigenvalue weighted by Crippen LogP contribution is 2.22. The van der Waals surface area contributed by atoms with Gasteiger partial charge in [-0.2, -0.15) is 4.98 Å². The zero-order valence-electron chi connectivity index (χ0n) is 12.1. The van der Waals surface area contributed by atoms with Crippen LogP contribution in [-0.2, 0) is 11.2 Å². The predicted molar refractivity (Wildman–Crippen MR) is 74.5 cm³/mol. The van der Waals surface area contributed by atoms with E-state index in [0.717, 1.165) is 11.3 Å². The number of benzene rings is 1. The van der Waals surface area contributed by atoms with Crippen molar-refractivity contribution in [1.29, 1.82) is 0 Å². The molecule has 0 radical (unpaired) electrons. The molecule has 0 saturated carbocycles. The van der Waals surface area contributed by atoms with E-state index in [0.29, 0.717) is 11.7 Å². The maximum absolute atomic E-state index is 11.9. The Kier molecular flexibility index (Phi) is 3.88. The molecule has 2 rings (SSSR count). The lowest BCUT2D eigenvalue weighted by Gasteiger charge is -2.14. The molecule has 0 aliphatic rings. The molecule has 20 heavy (non-hydrogen) atoms. The molecule has 106 valence electrons. The molecule has 0 aliphatic carbocycles. The number of rotatable bonds is 4. The molecule has 0 bridgehead atoms. The molecule has 1 aromatic heterocycles. The maximum Gasteiger partial charge on any atom is 0.234 e. The van der Waals surface area contributed by atoms with Crippen molar-refractivity contribution in [3.63, 3.8) is 0 Å². The summed E-state index contributed by atoms with van der Waals surface area (Å²) in [6.07, 6.45) is 0.153. The van der Waals surface area contributed by atoms with Gasteiger partial charge in [0.25, 0.3) is 0 Å². The van der Waals surface area contributed by atoms with E-state index in [-0.39, 0.29) is 12.2 Å². The Labute approximate surface area is 118 Å². The second-order valence-corrected chi connectivity index (χ2v) is 5.59. The van der Waals surface area contributed by atoms with Crippen molar-refractivity contribution in [3.05, 3.63) is 30.2 Å². The summed E-state index contributed by atoms with van der Waals surface area (Å²) in [6.45, 7) is 5.61. The molecule has 0 aliphatic heterocycles. The number of nitrogens with zero attached hydrogens (tertiary/aromatic N) is 2. The number of carbonyl (C=O) groups excluding carboxylic acids is 1. The van der Waals surface area contributed by atoms with Gasteiger partial charge in [-0.05, 0) is 12.1 Å². The molecule has 0 saturated heterocycles. The van der Waals surface area contributed by atoms with Crippen molar-refractivity contribution in [1.82, 2.24) is 10.1 Å². The zero-order valence-corrected chi connectivity index (χ0v) is 12.1. The van der Waals surface area contributed by atoms with Gasteiger partial charge in [-0.1, -0.05) is 38.1 Å². The largest absolute Gasteiger partial charge is 0.497 e. The number of ketones is 1. The number of aromatic nitrogens is 2. The molecular formula is C15H18N2O3. The lowest BCUT2D eigenvalue weighted by Crippen LogP contribution is -2.22. The second kappa shape index (κ2) is 5.45. The van der Waals surface area contributed by atoms with Gasteiger partial charge in [0, 0.05) is 11.0 Å². The van der Waals surface area contributed by atoms with Gasteiger partial charge in [0.1, 0.15) is 11.5 Å². The van der Waals surface area contributed by atoms with Crippen molar-refractivity contribution in [2.75, 3.05) is 7.11 Å².